The molecule has 2 N–H and O–H groups in total. The average Bonchev–Trinajstić information content (AvgIpc) is 3.05. The first-order valence-electron chi connectivity index (χ1n) is 10.2. The van der Waals surface area contributed by atoms with E-state index in [0.29, 0.717) is 11.5 Å². The van der Waals surface area contributed by atoms with Crippen LogP contribution in [0, 0.1) is 12.8 Å². The lowest BCUT2D eigenvalue weighted by atomic mass is 10.0. The highest BCUT2D eigenvalue weighted by Gasteiger charge is 2.23. The Bertz CT molecular complexity index is 678. The number of carbonyl (C=O) groups excluding carboxylic acids is 1. The van der Waals surface area contributed by atoms with Gasteiger partial charge in [0.05, 0.1) is 0 Å². The summed E-state index contributed by atoms with van der Waals surface area (Å²) in [6, 6.07) is 6.07. The first kappa shape index (κ1) is 20.1. The normalized spacial score (nSPS) is 20.7. The summed E-state index contributed by atoms with van der Waals surface area (Å²) >= 11 is 5.43. The van der Waals surface area contributed by atoms with E-state index >= 15 is 0 Å². The molecule has 2 fully saturated rings. The zero-order valence-corrected chi connectivity index (χ0v) is 17.4. The molecule has 2 saturated heterocycles. The molecule has 1 aromatic carbocycles. The van der Waals surface area contributed by atoms with Gasteiger partial charge in [-0.1, -0.05) is 6.92 Å². The largest absolute Gasteiger partial charge is 0.362 e. The molecule has 1 aromatic rings. The summed E-state index contributed by atoms with van der Waals surface area (Å²) in [5.41, 5.74) is 3.07. The lowest BCUT2D eigenvalue weighted by molar-refractivity contribution is -0.117. The topological polar surface area (TPSA) is 47.6 Å². The van der Waals surface area contributed by atoms with Crippen molar-refractivity contribution in [3.63, 3.8) is 0 Å². The van der Waals surface area contributed by atoms with Crippen LogP contribution in [-0.4, -0.2) is 48.6 Å². The molecule has 0 aromatic heterocycles. The number of thiocarbonyl (C=S) groups is 1. The summed E-state index contributed by atoms with van der Waals surface area (Å²) in [6.07, 6.45) is 5.40. The van der Waals surface area contributed by atoms with Gasteiger partial charge in [0.1, 0.15) is 0 Å². The molecule has 148 valence electrons. The second-order valence-electron chi connectivity index (χ2n) is 7.93. The fraction of sp³-hybridized carbons (Fsp3) is 0.619. The Labute approximate surface area is 168 Å². The minimum Gasteiger partial charge on any atom is -0.362 e. The quantitative estimate of drug-likeness (QED) is 0.577. The van der Waals surface area contributed by atoms with E-state index in [1.165, 1.54) is 25.9 Å². The number of nitrogens with zero attached hydrogens (tertiary/aromatic N) is 2. The highest BCUT2D eigenvalue weighted by molar-refractivity contribution is 7.80. The first-order chi connectivity index (χ1) is 13.0. The molecule has 2 aliphatic heterocycles. The average molecular weight is 389 g/mol. The van der Waals surface area contributed by atoms with Gasteiger partial charge in [-0.25, -0.2) is 0 Å². The predicted molar refractivity (Wildman–Crippen MR) is 116 cm³/mol. The Hall–Kier alpha value is -1.66. The van der Waals surface area contributed by atoms with E-state index in [2.05, 4.69) is 28.5 Å². The van der Waals surface area contributed by atoms with Gasteiger partial charge in [-0.3, -0.25) is 4.79 Å². The van der Waals surface area contributed by atoms with E-state index in [4.69, 9.17) is 12.2 Å². The number of hydrogen-bond acceptors (Lipinski definition) is 3. The Balaban J connectivity index is 1.41. The molecule has 0 bridgehead atoms. The summed E-state index contributed by atoms with van der Waals surface area (Å²) in [5, 5.41) is 7.23. The van der Waals surface area contributed by atoms with Crippen LogP contribution < -0.4 is 15.5 Å². The van der Waals surface area contributed by atoms with E-state index in [-0.39, 0.29) is 5.91 Å². The van der Waals surface area contributed by atoms with Crippen LogP contribution in [0.2, 0.25) is 0 Å². The molecule has 1 amide bonds. The molecule has 0 saturated carbocycles. The molecule has 3 rings (SSSR count). The van der Waals surface area contributed by atoms with Gasteiger partial charge in [0.15, 0.2) is 5.11 Å². The summed E-state index contributed by atoms with van der Waals surface area (Å²) in [4.78, 5) is 16.4. The van der Waals surface area contributed by atoms with E-state index in [1.807, 2.05) is 24.0 Å². The van der Waals surface area contributed by atoms with Crippen molar-refractivity contribution in [3.05, 3.63) is 23.8 Å². The molecule has 5 nitrogen and oxygen atoms in total. The van der Waals surface area contributed by atoms with Crippen LogP contribution in [0.1, 0.15) is 44.6 Å². The van der Waals surface area contributed by atoms with Crippen molar-refractivity contribution in [1.29, 1.82) is 0 Å². The van der Waals surface area contributed by atoms with Crippen molar-refractivity contribution >= 4 is 34.6 Å². The van der Waals surface area contributed by atoms with Crippen molar-refractivity contribution in [2.45, 2.75) is 46.0 Å². The van der Waals surface area contributed by atoms with Crippen molar-refractivity contribution < 1.29 is 4.79 Å². The van der Waals surface area contributed by atoms with Crippen molar-refractivity contribution in [1.82, 2.24) is 10.2 Å². The summed E-state index contributed by atoms with van der Waals surface area (Å²) in [6.45, 7) is 9.69. The highest BCUT2D eigenvalue weighted by atomic mass is 32.1. The smallest absolute Gasteiger partial charge is 0.227 e. The van der Waals surface area contributed by atoms with Crippen LogP contribution in [-0.2, 0) is 4.79 Å². The van der Waals surface area contributed by atoms with Crippen LogP contribution in [0.3, 0.4) is 0 Å². The zero-order chi connectivity index (χ0) is 19.2. The summed E-state index contributed by atoms with van der Waals surface area (Å²) in [7, 11) is 0. The van der Waals surface area contributed by atoms with Gasteiger partial charge < -0.3 is 20.4 Å². The Morgan fingerprint density at radius 1 is 1.30 bits per heavy atom. The SMILES string of the molecule is Cc1cc(NC(=S)NCCCN2CCC[C@H](C)C2)ccc1N1CCCC1=O. The number of piperidine rings is 1. The Morgan fingerprint density at radius 3 is 2.85 bits per heavy atom. The van der Waals surface area contributed by atoms with Gasteiger partial charge in [-0.05, 0) is 87.6 Å². The molecule has 2 aliphatic rings. The Kier molecular flexibility index (Phi) is 7.07. The maximum absolute atomic E-state index is 11.9. The second kappa shape index (κ2) is 9.51. The number of carbonyl (C=O) groups is 1. The number of aryl methyl sites for hydroxylation is 1. The third kappa shape index (κ3) is 5.66. The molecular formula is C21H32N4OS. The maximum Gasteiger partial charge on any atom is 0.227 e. The van der Waals surface area contributed by atoms with Gasteiger partial charge in [0, 0.05) is 37.4 Å². The van der Waals surface area contributed by atoms with Crippen LogP contribution in [0.5, 0.6) is 0 Å². The second-order valence-corrected chi connectivity index (χ2v) is 8.34. The van der Waals surface area contributed by atoms with Crippen LogP contribution in [0.15, 0.2) is 18.2 Å². The molecule has 0 unspecified atom stereocenters. The summed E-state index contributed by atoms with van der Waals surface area (Å²) in [5.74, 6) is 1.05. The van der Waals surface area contributed by atoms with E-state index in [0.717, 1.165) is 55.3 Å². The molecule has 1 atom stereocenters. The number of anilines is 2. The number of rotatable bonds is 6. The molecule has 2 heterocycles. The third-order valence-corrected chi connectivity index (χ3v) is 5.74. The number of benzene rings is 1. The number of likely N-dealkylation sites (tertiary alicyclic amines) is 1. The molecule has 6 heteroatoms. The third-order valence-electron chi connectivity index (χ3n) is 5.50. The lowest BCUT2D eigenvalue weighted by Crippen LogP contribution is -2.37. The van der Waals surface area contributed by atoms with Crippen LogP contribution in [0.4, 0.5) is 11.4 Å². The van der Waals surface area contributed by atoms with Gasteiger partial charge in [-0.2, -0.15) is 0 Å². The molecule has 0 aliphatic carbocycles. The first-order valence-corrected chi connectivity index (χ1v) is 10.6. The lowest BCUT2D eigenvalue weighted by Gasteiger charge is -2.30. The van der Waals surface area contributed by atoms with Gasteiger partial charge in [0.2, 0.25) is 5.91 Å². The van der Waals surface area contributed by atoms with Crippen LogP contribution in [0.25, 0.3) is 0 Å². The molecule has 27 heavy (non-hydrogen) atoms. The number of nitrogens with one attached hydrogen (secondary N) is 2. The monoisotopic (exact) mass is 388 g/mol. The maximum atomic E-state index is 11.9. The van der Waals surface area contributed by atoms with Crippen molar-refractivity contribution in [2.24, 2.45) is 5.92 Å². The van der Waals surface area contributed by atoms with E-state index < -0.39 is 0 Å². The van der Waals surface area contributed by atoms with Crippen molar-refractivity contribution in [3.8, 4) is 0 Å². The zero-order valence-electron chi connectivity index (χ0n) is 16.6. The minimum absolute atomic E-state index is 0.221. The van der Waals surface area contributed by atoms with Gasteiger partial charge in [0.25, 0.3) is 0 Å². The Morgan fingerprint density at radius 2 is 2.15 bits per heavy atom. The van der Waals surface area contributed by atoms with E-state index in [9.17, 15) is 4.79 Å². The highest BCUT2D eigenvalue weighted by Crippen LogP contribution is 2.27. The summed E-state index contributed by atoms with van der Waals surface area (Å²) < 4.78 is 0. The molecule has 0 radical (unpaired) electrons. The van der Waals surface area contributed by atoms with Crippen LogP contribution >= 0.6 is 12.2 Å². The number of amides is 1. The standard InChI is InChI=1S/C21H32N4OS/c1-16-6-3-11-24(15-16)12-5-10-22-21(27)23-18-8-9-19(17(2)14-18)25-13-4-7-20(25)26/h8-9,14,16H,3-7,10-13,15H2,1-2H3,(H2,22,23,27)/t16-/m0/s1. The van der Waals surface area contributed by atoms with Gasteiger partial charge in [-0.15, -0.1) is 0 Å². The molecule has 0 spiro atoms. The minimum atomic E-state index is 0.221. The molecular weight excluding hydrogens is 356 g/mol. The fourth-order valence-corrected chi connectivity index (χ4v) is 4.33. The van der Waals surface area contributed by atoms with E-state index in [1.54, 1.807) is 0 Å². The number of hydrogen-bond donors (Lipinski definition) is 2. The van der Waals surface area contributed by atoms with Crippen molar-refractivity contribution in [2.75, 3.05) is 42.9 Å². The van der Waals surface area contributed by atoms with Gasteiger partial charge >= 0.3 is 0 Å². The predicted octanol–water partition coefficient (Wildman–Crippen LogP) is 3.53. The fourth-order valence-electron chi connectivity index (χ4n) is 4.11.